The number of primary amides is 2. The van der Waals surface area contributed by atoms with E-state index in [4.69, 9.17) is 11.5 Å². The Kier molecular flexibility index (Phi) is 8.20. The molecule has 0 radical (unpaired) electrons. The minimum atomic E-state index is -1.81. The Bertz CT molecular complexity index is 1040. The van der Waals surface area contributed by atoms with Crippen LogP contribution in [0.3, 0.4) is 0 Å². The lowest BCUT2D eigenvalue weighted by Crippen LogP contribution is -2.46. The summed E-state index contributed by atoms with van der Waals surface area (Å²) in [6.45, 7) is 0. The molecule has 0 aromatic heterocycles. The molecule has 2 rings (SSSR count). The van der Waals surface area contributed by atoms with E-state index in [1.165, 1.54) is 48.5 Å². The molecule has 0 bridgehead atoms. The number of aliphatic carboxylic acids is 2. The van der Waals surface area contributed by atoms with Gasteiger partial charge in [0.15, 0.2) is 12.1 Å². The number of carbonyl (C=O) groups is 6. The predicted octanol–water partition coefficient (Wildman–Crippen LogP) is 1.01. The minimum Gasteiger partial charge on any atom is -0.479 e. The number of nitrogens with zero attached hydrogens (tertiary/aromatic N) is 2. The van der Waals surface area contributed by atoms with Gasteiger partial charge in [0.1, 0.15) is 0 Å². The molecule has 0 saturated heterocycles. The van der Waals surface area contributed by atoms with Gasteiger partial charge < -0.3 is 21.7 Å². The lowest BCUT2D eigenvalue weighted by atomic mass is 10.1. The molecule has 2 aromatic rings. The third-order valence-electron chi connectivity index (χ3n) is 4.53. The van der Waals surface area contributed by atoms with Gasteiger partial charge in [0, 0.05) is 12.2 Å². The van der Waals surface area contributed by atoms with Crippen LogP contribution in [-0.2, 0) is 19.2 Å². The smallest absolute Gasteiger partial charge is 0.331 e. The second-order valence-corrected chi connectivity index (χ2v) is 6.73. The first kappa shape index (κ1) is 25.3. The monoisotopic (exact) mass is 468 g/mol. The van der Waals surface area contributed by atoms with Crippen LogP contribution in [0.15, 0.2) is 72.8 Å². The van der Waals surface area contributed by atoms with Gasteiger partial charge in [0.25, 0.3) is 11.8 Å². The number of rotatable bonds is 8. The second-order valence-electron chi connectivity index (χ2n) is 6.73. The average molecular weight is 468 g/mol. The summed E-state index contributed by atoms with van der Waals surface area (Å²) >= 11 is 0. The zero-order chi connectivity index (χ0) is 25.4. The lowest BCUT2D eigenvalue weighted by molar-refractivity contribution is -0.147. The van der Waals surface area contributed by atoms with E-state index in [1.54, 1.807) is 12.1 Å². The molecule has 0 aliphatic carbocycles. The Balaban J connectivity index is 2.39. The van der Waals surface area contributed by atoms with Crippen molar-refractivity contribution in [1.29, 1.82) is 0 Å². The van der Waals surface area contributed by atoms with E-state index in [1.807, 2.05) is 0 Å². The molecule has 176 valence electrons. The summed E-state index contributed by atoms with van der Waals surface area (Å²) in [5, 5.41) is 19.1. The molecule has 2 aromatic carbocycles. The molecule has 0 fully saturated rings. The van der Waals surface area contributed by atoms with E-state index in [-0.39, 0.29) is 20.9 Å². The number of hydrogen-bond donors (Lipinski definition) is 4. The van der Waals surface area contributed by atoms with Crippen LogP contribution in [0.1, 0.15) is 23.2 Å². The Morgan fingerprint density at radius 2 is 0.912 bits per heavy atom. The highest BCUT2D eigenvalue weighted by molar-refractivity contribution is 6.08. The summed E-state index contributed by atoms with van der Waals surface area (Å²) in [6, 6.07) is 8.03. The fourth-order valence-electron chi connectivity index (χ4n) is 3.10. The van der Waals surface area contributed by atoms with Crippen molar-refractivity contribution in [1.82, 2.24) is 9.80 Å². The normalized spacial score (nSPS) is 12.4. The van der Waals surface area contributed by atoms with Crippen molar-refractivity contribution in [3.63, 3.8) is 0 Å². The Morgan fingerprint density at radius 1 is 0.618 bits per heavy atom. The molecular formula is C22H20N4O8. The van der Waals surface area contributed by atoms with Crippen LogP contribution >= 0.6 is 0 Å². The second kappa shape index (κ2) is 11.0. The van der Waals surface area contributed by atoms with E-state index < -0.39 is 47.9 Å². The summed E-state index contributed by atoms with van der Waals surface area (Å²) in [4.78, 5) is 73.1. The third-order valence-corrected chi connectivity index (χ3v) is 4.53. The van der Waals surface area contributed by atoms with Crippen LogP contribution in [-0.4, -0.2) is 55.8 Å². The Labute approximate surface area is 192 Å². The highest BCUT2D eigenvalue weighted by Crippen LogP contribution is 2.23. The summed E-state index contributed by atoms with van der Waals surface area (Å²) in [5.74, 6) is -5.75. The molecule has 34 heavy (non-hydrogen) atoms. The summed E-state index contributed by atoms with van der Waals surface area (Å²) in [5.41, 5.74) is 10.5. The van der Waals surface area contributed by atoms with E-state index in [0.29, 0.717) is 12.2 Å². The Hall–Kier alpha value is -5.00. The number of imide groups is 2. The highest BCUT2D eigenvalue weighted by Gasteiger charge is 2.36. The van der Waals surface area contributed by atoms with Gasteiger partial charge in [-0.05, 0) is 11.1 Å². The van der Waals surface area contributed by atoms with Crippen LogP contribution in [0.25, 0.3) is 0 Å². The number of hydrogen-bond acceptors (Lipinski definition) is 6. The van der Waals surface area contributed by atoms with Crippen LogP contribution in [0.4, 0.5) is 9.59 Å². The van der Waals surface area contributed by atoms with E-state index in [9.17, 15) is 39.0 Å². The van der Waals surface area contributed by atoms with Crippen LogP contribution in [0.2, 0.25) is 0 Å². The van der Waals surface area contributed by atoms with Crippen LogP contribution in [0.5, 0.6) is 0 Å². The molecule has 2 atom stereocenters. The van der Waals surface area contributed by atoms with Crippen molar-refractivity contribution in [3.8, 4) is 0 Å². The van der Waals surface area contributed by atoms with Gasteiger partial charge >= 0.3 is 24.0 Å². The van der Waals surface area contributed by atoms with E-state index in [2.05, 4.69) is 0 Å². The molecule has 0 heterocycles. The molecule has 0 spiro atoms. The maximum absolute atomic E-state index is 12.6. The zero-order valence-electron chi connectivity index (χ0n) is 17.5. The fourth-order valence-corrected chi connectivity index (χ4v) is 3.10. The Morgan fingerprint density at radius 3 is 1.15 bits per heavy atom. The first-order valence-corrected chi connectivity index (χ1v) is 9.55. The minimum absolute atomic E-state index is 0.0515. The average Bonchev–Trinajstić information content (AvgIpc) is 2.79. The van der Waals surface area contributed by atoms with Crippen molar-refractivity contribution >= 4 is 35.8 Å². The summed E-state index contributed by atoms with van der Waals surface area (Å²) < 4.78 is 0. The van der Waals surface area contributed by atoms with E-state index >= 15 is 0 Å². The molecular weight excluding hydrogens is 448 g/mol. The third kappa shape index (κ3) is 5.82. The quantitative estimate of drug-likeness (QED) is 0.411. The van der Waals surface area contributed by atoms with Gasteiger partial charge in [-0.3, -0.25) is 9.59 Å². The number of amides is 6. The number of carboxylic acid groups (broad SMARTS) is 2. The zero-order valence-corrected chi connectivity index (χ0v) is 17.5. The largest absolute Gasteiger partial charge is 0.479 e. The molecule has 0 aliphatic rings. The van der Waals surface area contributed by atoms with Gasteiger partial charge in [-0.2, -0.15) is 0 Å². The summed E-state index contributed by atoms with van der Waals surface area (Å²) in [6.07, 6.45) is 0.984. The topological polar surface area (TPSA) is 201 Å². The van der Waals surface area contributed by atoms with Crippen molar-refractivity contribution in [2.75, 3.05) is 0 Å². The lowest BCUT2D eigenvalue weighted by Gasteiger charge is -2.25. The standard InChI is InChI=1S/C22H20N4O8/c23-21(33)25(17(19(29)30)13-7-3-1-4-8-13)15(27)11-12-16(28)26(22(24)34)18(20(31)32)14-9-5-2-6-10-14/h1-12,17-18H,(H2,23,33)(H2,24,34)(H,29,30)(H,31,32)/b12-11+. The molecule has 0 saturated carbocycles. The van der Waals surface area contributed by atoms with Crippen molar-refractivity contribution in [3.05, 3.63) is 83.9 Å². The SMILES string of the molecule is NC(=O)N(C(=O)/C=C/C(=O)N(C(N)=O)C(C(=O)O)c1ccccc1)C(C(=O)O)c1ccccc1. The molecule has 2 unspecified atom stereocenters. The first-order valence-electron chi connectivity index (χ1n) is 9.55. The molecule has 0 aliphatic heterocycles. The van der Waals surface area contributed by atoms with Gasteiger partial charge in [-0.1, -0.05) is 60.7 Å². The highest BCUT2D eigenvalue weighted by atomic mass is 16.4. The maximum atomic E-state index is 12.6. The molecule has 12 heteroatoms. The predicted molar refractivity (Wildman–Crippen MR) is 116 cm³/mol. The van der Waals surface area contributed by atoms with Gasteiger partial charge in [0.05, 0.1) is 0 Å². The van der Waals surface area contributed by atoms with Crippen molar-refractivity contribution < 1.29 is 39.0 Å². The van der Waals surface area contributed by atoms with Crippen molar-refractivity contribution in [2.24, 2.45) is 11.5 Å². The number of benzene rings is 2. The van der Waals surface area contributed by atoms with Crippen LogP contribution in [0, 0.1) is 0 Å². The molecule has 6 amide bonds. The fraction of sp³-hybridized carbons (Fsp3) is 0.0909. The van der Waals surface area contributed by atoms with E-state index in [0.717, 1.165) is 0 Å². The molecule has 12 nitrogen and oxygen atoms in total. The molecule has 6 N–H and O–H groups in total. The number of nitrogens with two attached hydrogens (primary N) is 2. The number of carbonyl (C=O) groups excluding carboxylic acids is 4. The first-order chi connectivity index (χ1) is 16.1. The van der Waals surface area contributed by atoms with Gasteiger partial charge in [-0.15, -0.1) is 0 Å². The maximum Gasteiger partial charge on any atom is 0.331 e. The van der Waals surface area contributed by atoms with Gasteiger partial charge in [-0.25, -0.2) is 29.0 Å². The van der Waals surface area contributed by atoms with Crippen molar-refractivity contribution in [2.45, 2.75) is 12.1 Å². The summed E-state index contributed by atoms with van der Waals surface area (Å²) in [7, 11) is 0. The number of carboxylic acids is 2. The van der Waals surface area contributed by atoms with Crippen LogP contribution < -0.4 is 11.5 Å². The number of urea groups is 2. The van der Waals surface area contributed by atoms with Gasteiger partial charge in [0.2, 0.25) is 0 Å².